The molecule has 2 saturated heterocycles. The lowest BCUT2D eigenvalue weighted by molar-refractivity contribution is -0.163. The Hall–Kier alpha value is -0.160. The van der Waals surface area contributed by atoms with E-state index in [-0.39, 0.29) is 11.9 Å². The summed E-state index contributed by atoms with van der Waals surface area (Å²) in [4.78, 5) is 2.55. The fraction of sp³-hybridized carbons (Fsp3) is 1.00. The molecule has 110 valence electrons. The molecule has 1 aliphatic carbocycles. The highest BCUT2D eigenvalue weighted by Crippen LogP contribution is 2.39. The van der Waals surface area contributed by atoms with Gasteiger partial charge in [-0.1, -0.05) is 0 Å². The van der Waals surface area contributed by atoms with Crippen molar-refractivity contribution in [3.8, 4) is 0 Å². The van der Waals surface area contributed by atoms with Crippen LogP contribution in [0.3, 0.4) is 0 Å². The molecule has 1 spiro atoms. The van der Waals surface area contributed by atoms with E-state index in [1.165, 1.54) is 32.2 Å². The van der Waals surface area contributed by atoms with Gasteiger partial charge in [0.2, 0.25) is 0 Å². The lowest BCUT2D eigenvalue weighted by Gasteiger charge is -2.27. The zero-order valence-electron chi connectivity index (χ0n) is 11.9. The van der Waals surface area contributed by atoms with Crippen molar-refractivity contribution in [2.45, 2.75) is 69.3 Å². The lowest BCUT2D eigenvalue weighted by atomic mass is 10.1. The maximum Gasteiger partial charge on any atom is 0.168 e. The molecule has 0 bridgehead atoms. The van der Waals surface area contributed by atoms with Crippen LogP contribution in [0.1, 0.15) is 51.4 Å². The third kappa shape index (κ3) is 3.13. The van der Waals surface area contributed by atoms with Crippen molar-refractivity contribution in [1.29, 1.82) is 0 Å². The SMILES string of the molecule is OCCCC1CCCN1CC1COC2(CCCC2)O1. The molecule has 3 fully saturated rings. The Morgan fingerprint density at radius 2 is 2.05 bits per heavy atom. The van der Waals surface area contributed by atoms with E-state index >= 15 is 0 Å². The zero-order chi connectivity index (χ0) is 13.1. The van der Waals surface area contributed by atoms with Gasteiger partial charge in [0.25, 0.3) is 0 Å². The van der Waals surface area contributed by atoms with Crippen molar-refractivity contribution < 1.29 is 14.6 Å². The van der Waals surface area contributed by atoms with E-state index in [4.69, 9.17) is 14.6 Å². The van der Waals surface area contributed by atoms with Crippen molar-refractivity contribution in [1.82, 2.24) is 4.90 Å². The number of likely N-dealkylation sites (tertiary alicyclic amines) is 1. The summed E-state index contributed by atoms with van der Waals surface area (Å²) in [6, 6.07) is 0.649. The van der Waals surface area contributed by atoms with Crippen LogP contribution in [-0.4, -0.2) is 54.2 Å². The van der Waals surface area contributed by atoms with Gasteiger partial charge >= 0.3 is 0 Å². The van der Waals surface area contributed by atoms with E-state index in [0.29, 0.717) is 12.6 Å². The molecule has 0 amide bonds. The predicted octanol–water partition coefficient (Wildman–Crippen LogP) is 1.91. The lowest BCUT2D eigenvalue weighted by Crippen LogP contribution is -2.38. The average molecular weight is 269 g/mol. The second-order valence-corrected chi connectivity index (χ2v) is 6.33. The number of aliphatic hydroxyl groups is 1. The largest absolute Gasteiger partial charge is 0.396 e. The van der Waals surface area contributed by atoms with E-state index in [9.17, 15) is 0 Å². The number of rotatable bonds is 5. The Morgan fingerprint density at radius 1 is 1.21 bits per heavy atom. The van der Waals surface area contributed by atoms with Gasteiger partial charge in [-0.25, -0.2) is 0 Å². The molecule has 2 atom stereocenters. The first-order chi connectivity index (χ1) is 9.31. The van der Waals surface area contributed by atoms with Crippen LogP contribution in [0.4, 0.5) is 0 Å². The fourth-order valence-corrected chi connectivity index (χ4v) is 3.93. The van der Waals surface area contributed by atoms with Gasteiger partial charge in [0.1, 0.15) is 0 Å². The van der Waals surface area contributed by atoms with Crippen LogP contribution in [0.25, 0.3) is 0 Å². The topological polar surface area (TPSA) is 41.9 Å². The Kier molecular flexibility index (Phi) is 4.42. The number of aliphatic hydroxyl groups excluding tert-OH is 1. The van der Waals surface area contributed by atoms with Crippen molar-refractivity contribution in [2.24, 2.45) is 0 Å². The summed E-state index contributed by atoms with van der Waals surface area (Å²) in [6.07, 6.45) is 9.52. The first-order valence-corrected chi connectivity index (χ1v) is 7.98. The van der Waals surface area contributed by atoms with Crippen molar-refractivity contribution in [3.05, 3.63) is 0 Å². The quantitative estimate of drug-likeness (QED) is 0.828. The Morgan fingerprint density at radius 3 is 2.84 bits per heavy atom. The smallest absolute Gasteiger partial charge is 0.168 e. The number of hydrogen-bond acceptors (Lipinski definition) is 4. The monoisotopic (exact) mass is 269 g/mol. The van der Waals surface area contributed by atoms with Crippen LogP contribution in [0.5, 0.6) is 0 Å². The molecule has 1 saturated carbocycles. The van der Waals surface area contributed by atoms with Gasteiger partial charge in [0.05, 0.1) is 12.7 Å². The molecule has 0 aromatic rings. The molecule has 4 nitrogen and oxygen atoms in total. The molecule has 3 rings (SSSR count). The number of hydrogen-bond donors (Lipinski definition) is 1. The summed E-state index contributed by atoms with van der Waals surface area (Å²) in [5, 5.41) is 8.97. The van der Waals surface area contributed by atoms with Gasteiger partial charge in [-0.15, -0.1) is 0 Å². The molecule has 1 N–H and O–H groups in total. The summed E-state index contributed by atoms with van der Waals surface area (Å²) < 4.78 is 12.2. The second-order valence-electron chi connectivity index (χ2n) is 6.33. The molecule has 2 heterocycles. The molecule has 0 aromatic heterocycles. The highest BCUT2D eigenvalue weighted by Gasteiger charge is 2.44. The van der Waals surface area contributed by atoms with E-state index in [0.717, 1.165) is 38.8 Å². The maximum atomic E-state index is 8.97. The first kappa shape index (κ1) is 13.8. The third-order valence-corrected chi connectivity index (χ3v) is 4.91. The van der Waals surface area contributed by atoms with Crippen molar-refractivity contribution in [2.75, 3.05) is 26.3 Å². The molecule has 2 aliphatic heterocycles. The van der Waals surface area contributed by atoms with Gasteiger partial charge in [-0.3, -0.25) is 4.90 Å². The molecule has 3 aliphatic rings. The van der Waals surface area contributed by atoms with Gasteiger partial charge in [-0.05, 0) is 45.1 Å². The van der Waals surface area contributed by atoms with Crippen LogP contribution in [0.15, 0.2) is 0 Å². The predicted molar refractivity (Wildman–Crippen MR) is 72.9 cm³/mol. The Bertz CT molecular complexity index is 291. The van der Waals surface area contributed by atoms with Crippen molar-refractivity contribution in [3.63, 3.8) is 0 Å². The number of nitrogens with zero attached hydrogens (tertiary/aromatic N) is 1. The third-order valence-electron chi connectivity index (χ3n) is 4.91. The minimum absolute atomic E-state index is 0.217. The van der Waals surface area contributed by atoms with Gasteiger partial charge in [0, 0.05) is 32.0 Å². The molecular weight excluding hydrogens is 242 g/mol. The summed E-state index contributed by atoms with van der Waals surface area (Å²) in [7, 11) is 0. The van der Waals surface area contributed by atoms with Crippen LogP contribution < -0.4 is 0 Å². The molecule has 0 radical (unpaired) electrons. The summed E-state index contributed by atoms with van der Waals surface area (Å²) in [5.41, 5.74) is 0. The van der Waals surface area contributed by atoms with Gasteiger partial charge in [-0.2, -0.15) is 0 Å². The Balaban J connectivity index is 1.48. The van der Waals surface area contributed by atoms with E-state index in [2.05, 4.69) is 4.90 Å². The summed E-state index contributed by atoms with van der Waals surface area (Å²) in [6.45, 7) is 3.28. The molecule has 2 unspecified atom stereocenters. The molecule has 4 heteroatoms. The van der Waals surface area contributed by atoms with Crippen LogP contribution >= 0.6 is 0 Å². The fourth-order valence-electron chi connectivity index (χ4n) is 3.93. The Labute approximate surface area is 116 Å². The van der Waals surface area contributed by atoms with Crippen LogP contribution in [-0.2, 0) is 9.47 Å². The van der Waals surface area contributed by atoms with Gasteiger partial charge < -0.3 is 14.6 Å². The zero-order valence-corrected chi connectivity index (χ0v) is 11.9. The molecule has 0 aromatic carbocycles. The minimum atomic E-state index is -0.217. The normalized spacial score (nSPS) is 34.6. The summed E-state index contributed by atoms with van der Waals surface area (Å²) >= 11 is 0. The average Bonchev–Trinajstić information content (AvgIpc) is 3.12. The van der Waals surface area contributed by atoms with E-state index < -0.39 is 0 Å². The van der Waals surface area contributed by atoms with E-state index in [1.807, 2.05) is 0 Å². The highest BCUT2D eigenvalue weighted by molar-refractivity contribution is 4.87. The van der Waals surface area contributed by atoms with Crippen LogP contribution in [0.2, 0.25) is 0 Å². The minimum Gasteiger partial charge on any atom is -0.396 e. The summed E-state index contributed by atoms with van der Waals surface area (Å²) in [5.74, 6) is -0.217. The standard InChI is InChI=1S/C15H27NO3/c17-10-4-6-13-5-3-9-16(13)11-14-12-18-15(19-14)7-1-2-8-15/h13-14,17H,1-12H2. The number of ether oxygens (including phenoxy) is 2. The maximum absolute atomic E-state index is 8.97. The highest BCUT2D eigenvalue weighted by atomic mass is 16.7. The first-order valence-electron chi connectivity index (χ1n) is 7.98. The van der Waals surface area contributed by atoms with Crippen molar-refractivity contribution >= 4 is 0 Å². The molecular formula is C15H27NO3. The second kappa shape index (κ2) is 6.08. The molecule has 19 heavy (non-hydrogen) atoms. The van der Waals surface area contributed by atoms with Gasteiger partial charge in [0.15, 0.2) is 5.79 Å². The van der Waals surface area contributed by atoms with Crippen LogP contribution in [0, 0.1) is 0 Å². The van der Waals surface area contributed by atoms with E-state index in [1.54, 1.807) is 0 Å².